The van der Waals surface area contributed by atoms with Gasteiger partial charge in [0.25, 0.3) is 0 Å². The Hall–Kier alpha value is -1.81. The standard InChI is InChI=1S/C17H18BrNO2/c1-11-4-6-15(12(2)8-11)19-10-16(20)13-5-7-17(21-3)14(18)9-13/h4-9,19H,10H2,1-3H3. The SMILES string of the molecule is COc1ccc(C(=O)CNc2ccc(C)cc2C)cc1Br. The molecule has 0 fully saturated rings. The zero-order valence-electron chi connectivity index (χ0n) is 12.4. The number of hydrogen-bond acceptors (Lipinski definition) is 3. The average molecular weight is 348 g/mol. The van der Waals surface area contributed by atoms with Crippen LogP contribution >= 0.6 is 15.9 Å². The van der Waals surface area contributed by atoms with E-state index in [4.69, 9.17) is 4.74 Å². The van der Waals surface area contributed by atoms with Crippen molar-refractivity contribution in [2.45, 2.75) is 13.8 Å². The van der Waals surface area contributed by atoms with Crippen molar-refractivity contribution < 1.29 is 9.53 Å². The van der Waals surface area contributed by atoms with Gasteiger partial charge in [-0.25, -0.2) is 0 Å². The van der Waals surface area contributed by atoms with Crippen LogP contribution in [-0.4, -0.2) is 19.4 Å². The summed E-state index contributed by atoms with van der Waals surface area (Å²) in [6.45, 7) is 4.35. The van der Waals surface area contributed by atoms with Crippen LogP contribution in [0.15, 0.2) is 40.9 Å². The molecule has 0 unspecified atom stereocenters. The Morgan fingerprint density at radius 2 is 1.95 bits per heavy atom. The van der Waals surface area contributed by atoms with Crippen molar-refractivity contribution in [2.75, 3.05) is 19.0 Å². The van der Waals surface area contributed by atoms with Crippen molar-refractivity contribution in [1.29, 1.82) is 0 Å². The highest BCUT2D eigenvalue weighted by molar-refractivity contribution is 9.10. The highest BCUT2D eigenvalue weighted by Gasteiger charge is 2.09. The molecule has 0 radical (unpaired) electrons. The van der Waals surface area contributed by atoms with Gasteiger partial charge in [-0.2, -0.15) is 0 Å². The lowest BCUT2D eigenvalue weighted by molar-refractivity contribution is 0.101. The van der Waals surface area contributed by atoms with Crippen LogP contribution in [0.5, 0.6) is 5.75 Å². The number of anilines is 1. The van der Waals surface area contributed by atoms with Crippen LogP contribution in [0.3, 0.4) is 0 Å². The van der Waals surface area contributed by atoms with E-state index < -0.39 is 0 Å². The second-order valence-electron chi connectivity index (χ2n) is 4.94. The van der Waals surface area contributed by atoms with Gasteiger partial charge in [-0.1, -0.05) is 17.7 Å². The molecule has 2 aromatic carbocycles. The number of methoxy groups -OCH3 is 1. The number of Topliss-reactive ketones (excluding diaryl/α,β-unsaturated/α-hetero) is 1. The molecule has 4 heteroatoms. The molecule has 0 aliphatic heterocycles. The summed E-state index contributed by atoms with van der Waals surface area (Å²) in [4.78, 5) is 12.2. The minimum atomic E-state index is 0.0401. The zero-order chi connectivity index (χ0) is 15.4. The van der Waals surface area contributed by atoms with Crippen LogP contribution in [0.25, 0.3) is 0 Å². The first-order chi connectivity index (χ1) is 10.0. The maximum Gasteiger partial charge on any atom is 0.181 e. The molecule has 2 aromatic rings. The van der Waals surface area contributed by atoms with Gasteiger partial charge in [-0.15, -0.1) is 0 Å². The molecule has 3 nitrogen and oxygen atoms in total. The van der Waals surface area contributed by atoms with Gasteiger partial charge in [-0.05, 0) is 59.6 Å². The molecule has 0 saturated carbocycles. The van der Waals surface area contributed by atoms with E-state index in [0.29, 0.717) is 11.3 Å². The Balaban J connectivity index is 2.06. The largest absolute Gasteiger partial charge is 0.496 e. The summed E-state index contributed by atoms with van der Waals surface area (Å²) in [6.07, 6.45) is 0. The number of benzene rings is 2. The maximum atomic E-state index is 12.2. The van der Waals surface area contributed by atoms with E-state index in [9.17, 15) is 4.79 Å². The first-order valence-electron chi connectivity index (χ1n) is 6.69. The van der Waals surface area contributed by atoms with Crippen LogP contribution in [0, 0.1) is 13.8 Å². The monoisotopic (exact) mass is 347 g/mol. The van der Waals surface area contributed by atoms with Gasteiger partial charge >= 0.3 is 0 Å². The van der Waals surface area contributed by atoms with Crippen molar-refractivity contribution in [3.8, 4) is 5.75 Å². The Kier molecular flexibility index (Phi) is 5.02. The summed E-state index contributed by atoms with van der Waals surface area (Å²) in [6, 6.07) is 11.5. The van der Waals surface area contributed by atoms with Crippen LogP contribution in [0.1, 0.15) is 21.5 Å². The molecule has 0 saturated heterocycles. The summed E-state index contributed by atoms with van der Waals surface area (Å²) in [5.74, 6) is 0.757. The van der Waals surface area contributed by atoms with Crippen molar-refractivity contribution in [3.63, 3.8) is 0 Å². The number of ether oxygens (including phenoxy) is 1. The van der Waals surface area contributed by atoms with Gasteiger partial charge in [-0.3, -0.25) is 4.79 Å². The Morgan fingerprint density at radius 3 is 2.57 bits per heavy atom. The summed E-state index contributed by atoms with van der Waals surface area (Å²) in [5.41, 5.74) is 3.99. The van der Waals surface area contributed by atoms with Crippen LogP contribution in [-0.2, 0) is 0 Å². The van der Waals surface area contributed by atoms with Crippen molar-refractivity contribution in [1.82, 2.24) is 0 Å². The van der Waals surface area contributed by atoms with Crippen LogP contribution < -0.4 is 10.1 Å². The molecule has 0 spiro atoms. The number of ketones is 1. The van der Waals surface area contributed by atoms with Gasteiger partial charge in [0, 0.05) is 11.3 Å². The number of aryl methyl sites for hydroxylation is 2. The van der Waals surface area contributed by atoms with E-state index in [1.807, 2.05) is 19.1 Å². The molecule has 110 valence electrons. The normalized spacial score (nSPS) is 10.3. The highest BCUT2D eigenvalue weighted by atomic mass is 79.9. The van der Waals surface area contributed by atoms with E-state index in [0.717, 1.165) is 15.7 Å². The third kappa shape index (κ3) is 3.85. The van der Waals surface area contributed by atoms with Gasteiger partial charge in [0.1, 0.15) is 5.75 Å². The Bertz CT molecular complexity index is 668. The van der Waals surface area contributed by atoms with Crippen LogP contribution in [0.2, 0.25) is 0 Å². The molecule has 0 heterocycles. The van der Waals surface area contributed by atoms with E-state index in [2.05, 4.69) is 34.2 Å². The van der Waals surface area contributed by atoms with E-state index >= 15 is 0 Å². The Labute approximate surface area is 133 Å². The number of hydrogen-bond donors (Lipinski definition) is 1. The maximum absolute atomic E-state index is 12.2. The molecule has 0 atom stereocenters. The zero-order valence-corrected chi connectivity index (χ0v) is 14.0. The summed E-state index contributed by atoms with van der Waals surface area (Å²) in [5, 5.41) is 3.19. The van der Waals surface area contributed by atoms with Gasteiger partial charge < -0.3 is 10.1 Å². The molecular formula is C17H18BrNO2. The fraction of sp³-hybridized carbons (Fsp3) is 0.235. The lowest BCUT2D eigenvalue weighted by Crippen LogP contribution is -2.14. The second-order valence-corrected chi connectivity index (χ2v) is 5.80. The highest BCUT2D eigenvalue weighted by Crippen LogP contribution is 2.25. The number of halogens is 1. The second kappa shape index (κ2) is 6.76. The van der Waals surface area contributed by atoms with E-state index in [-0.39, 0.29) is 12.3 Å². The molecule has 0 amide bonds. The van der Waals surface area contributed by atoms with Gasteiger partial charge in [0.05, 0.1) is 18.1 Å². The summed E-state index contributed by atoms with van der Waals surface area (Å²) in [7, 11) is 1.60. The van der Waals surface area contributed by atoms with Crippen molar-refractivity contribution in [2.24, 2.45) is 0 Å². The van der Waals surface area contributed by atoms with Crippen molar-refractivity contribution >= 4 is 27.4 Å². The topological polar surface area (TPSA) is 38.3 Å². The number of rotatable bonds is 5. The molecular weight excluding hydrogens is 330 g/mol. The quantitative estimate of drug-likeness (QED) is 0.816. The smallest absolute Gasteiger partial charge is 0.181 e. The van der Waals surface area contributed by atoms with E-state index in [1.165, 1.54) is 5.56 Å². The summed E-state index contributed by atoms with van der Waals surface area (Å²) < 4.78 is 5.94. The average Bonchev–Trinajstić information content (AvgIpc) is 2.46. The molecule has 2 rings (SSSR count). The van der Waals surface area contributed by atoms with Crippen molar-refractivity contribution in [3.05, 3.63) is 57.6 Å². The predicted octanol–water partition coefficient (Wildman–Crippen LogP) is 4.37. The third-order valence-electron chi connectivity index (χ3n) is 3.30. The summed E-state index contributed by atoms with van der Waals surface area (Å²) >= 11 is 3.39. The number of carbonyl (C=O) groups excluding carboxylic acids is 1. The Morgan fingerprint density at radius 1 is 1.19 bits per heavy atom. The number of carbonyl (C=O) groups is 1. The first-order valence-corrected chi connectivity index (χ1v) is 7.48. The minimum absolute atomic E-state index is 0.0401. The predicted molar refractivity (Wildman–Crippen MR) is 89.4 cm³/mol. The molecule has 0 aromatic heterocycles. The van der Waals surface area contributed by atoms with Gasteiger partial charge in [0.15, 0.2) is 5.78 Å². The first kappa shape index (κ1) is 15.6. The van der Waals surface area contributed by atoms with E-state index in [1.54, 1.807) is 25.3 Å². The molecule has 0 bridgehead atoms. The number of nitrogens with one attached hydrogen (secondary N) is 1. The lowest BCUT2D eigenvalue weighted by Gasteiger charge is -2.10. The fourth-order valence-corrected chi connectivity index (χ4v) is 2.67. The molecule has 0 aliphatic carbocycles. The molecule has 21 heavy (non-hydrogen) atoms. The van der Waals surface area contributed by atoms with Crippen LogP contribution in [0.4, 0.5) is 5.69 Å². The fourth-order valence-electron chi connectivity index (χ4n) is 2.13. The molecule has 1 N–H and O–H groups in total. The van der Waals surface area contributed by atoms with Gasteiger partial charge in [0.2, 0.25) is 0 Å². The lowest BCUT2D eigenvalue weighted by atomic mass is 10.1. The minimum Gasteiger partial charge on any atom is -0.496 e. The molecule has 0 aliphatic rings. The third-order valence-corrected chi connectivity index (χ3v) is 3.91.